The van der Waals surface area contributed by atoms with Gasteiger partial charge < -0.3 is 15.0 Å². The lowest BCUT2D eigenvalue weighted by atomic mass is 10.2. The molecule has 10 heteroatoms. The van der Waals surface area contributed by atoms with Gasteiger partial charge in [0.1, 0.15) is 5.60 Å². The van der Waals surface area contributed by atoms with E-state index in [0.29, 0.717) is 34.3 Å². The van der Waals surface area contributed by atoms with E-state index in [1.807, 2.05) is 54.6 Å². The number of nitrogens with zero attached hydrogens (tertiary/aromatic N) is 1. The Hall–Kier alpha value is -4.11. The van der Waals surface area contributed by atoms with Crippen molar-refractivity contribution in [3.05, 3.63) is 153 Å². The van der Waals surface area contributed by atoms with Gasteiger partial charge in [-0.05, 0) is 91.6 Å². The summed E-state index contributed by atoms with van der Waals surface area (Å²) in [6, 6.07) is 22.2. The van der Waals surface area contributed by atoms with Crippen LogP contribution in [0.2, 0.25) is 10.0 Å². The fourth-order valence-electron chi connectivity index (χ4n) is 4.00. The molecule has 0 aliphatic heterocycles. The first-order valence-electron chi connectivity index (χ1n) is 14.7. The quantitative estimate of drug-likeness (QED) is 0.133. The Morgan fingerprint density at radius 1 is 0.723 bits per heavy atom. The Bertz CT molecular complexity index is 1650. The van der Waals surface area contributed by atoms with Crippen molar-refractivity contribution in [2.24, 2.45) is 0 Å². The molecule has 0 saturated heterocycles. The highest BCUT2D eigenvalue weighted by Crippen LogP contribution is 2.16. The summed E-state index contributed by atoms with van der Waals surface area (Å²) in [5, 5.41) is 4.47. The second kappa shape index (κ2) is 18.3. The van der Waals surface area contributed by atoms with E-state index in [1.165, 1.54) is 17.0 Å². The number of nitrogens with one attached hydrogen (secondary N) is 1. The maximum atomic E-state index is 13.5. The fraction of sp³-hybridized carbons (Fsp3) is 0.216. The highest BCUT2D eigenvalue weighted by Gasteiger charge is 2.22. The molecule has 0 saturated carbocycles. The van der Waals surface area contributed by atoms with Gasteiger partial charge in [0.2, 0.25) is 0 Å². The van der Waals surface area contributed by atoms with Crippen LogP contribution >= 0.6 is 23.2 Å². The topological polar surface area (TPSA) is 41.6 Å². The van der Waals surface area contributed by atoms with E-state index in [4.69, 9.17) is 27.9 Å². The maximum Gasteiger partial charge on any atom is 0.410 e. The van der Waals surface area contributed by atoms with Gasteiger partial charge in [-0.25, -0.2) is 22.4 Å². The number of amides is 1. The Morgan fingerprint density at radius 2 is 1.21 bits per heavy atom. The molecule has 0 aromatic heterocycles. The zero-order chi connectivity index (χ0) is 34.4. The first kappa shape index (κ1) is 37.3. The molecule has 0 atom stereocenters. The summed E-state index contributed by atoms with van der Waals surface area (Å²) in [4.78, 5) is 13.9. The number of hydrogen-bond donors (Lipinski definition) is 1. The predicted molar refractivity (Wildman–Crippen MR) is 182 cm³/mol. The third-order valence-corrected chi connectivity index (χ3v) is 6.77. The highest BCUT2D eigenvalue weighted by atomic mass is 35.5. The van der Waals surface area contributed by atoms with Gasteiger partial charge >= 0.3 is 6.09 Å². The second-order valence-electron chi connectivity index (χ2n) is 11.4. The first-order valence-corrected chi connectivity index (χ1v) is 15.5. The molecule has 4 aromatic rings. The molecule has 0 aliphatic rings. The predicted octanol–water partition coefficient (Wildman–Crippen LogP) is 10.5. The maximum absolute atomic E-state index is 13.5. The van der Waals surface area contributed by atoms with Gasteiger partial charge in [0, 0.05) is 36.2 Å². The van der Waals surface area contributed by atoms with Crippen molar-refractivity contribution in [1.82, 2.24) is 10.2 Å². The SMILES string of the molecule is CC(C)(C)OC(=O)N(C/C=C\c1ccc(Cl)cc1)Cc1ccc(F)c(F)c1.Fc1ccc(CNC/C=C\c2ccc(Cl)cc2)cc1F. The Labute approximate surface area is 283 Å². The zero-order valence-corrected chi connectivity index (χ0v) is 27.8. The summed E-state index contributed by atoms with van der Waals surface area (Å²) in [7, 11) is 0. The van der Waals surface area contributed by atoms with Gasteiger partial charge in [0.05, 0.1) is 0 Å². The number of carbonyl (C=O) groups excluding carboxylic acids is 1. The van der Waals surface area contributed by atoms with Crippen LogP contribution in [0.4, 0.5) is 22.4 Å². The Morgan fingerprint density at radius 3 is 1.72 bits per heavy atom. The third-order valence-electron chi connectivity index (χ3n) is 6.27. The lowest BCUT2D eigenvalue weighted by Gasteiger charge is -2.26. The third kappa shape index (κ3) is 14.0. The number of ether oxygens (including phenoxy) is 1. The number of hydrogen-bond acceptors (Lipinski definition) is 3. The number of carbonyl (C=O) groups is 1. The summed E-state index contributed by atoms with van der Waals surface area (Å²) < 4.78 is 57.7. The van der Waals surface area contributed by atoms with E-state index >= 15 is 0 Å². The molecular weight excluding hydrogens is 651 g/mol. The highest BCUT2D eigenvalue weighted by molar-refractivity contribution is 6.30. The van der Waals surface area contributed by atoms with E-state index < -0.39 is 35.0 Å². The van der Waals surface area contributed by atoms with Crippen LogP contribution in [-0.4, -0.2) is 29.7 Å². The lowest BCUT2D eigenvalue weighted by Crippen LogP contribution is -2.36. The zero-order valence-electron chi connectivity index (χ0n) is 26.3. The molecular formula is C37H36Cl2F4N2O2. The molecule has 0 spiro atoms. The van der Waals surface area contributed by atoms with Crippen molar-refractivity contribution >= 4 is 41.4 Å². The molecule has 0 unspecified atom stereocenters. The number of rotatable bonds is 10. The van der Waals surface area contributed by atoms with Crippen molar-refractivity contribution in [3.8, 4) is 0 Å². The van der Waals surface area contributed by atoms with Crippen molar-refractivity contribution < 1.29 is 27.1 Å². The standard InChI is InChI=1S/C21H22ClF2NO2.C16H14ClF2N/c1-21(2,3)27-20(26)25(14-16-8-11-18(23)19(24)13-16)12-4-5-15-6-9-17(22)10-7-15;17-14-6-3-12(4-7-14)2-1-9-20-11-13-5-8-15(18)16(19)10-13/h4-11,13H,12,14H2,1-3H3;1-8,10,20H,9,11H2/b5-4-;2-1-. The van der Waals surface area contributed by atoms with Gasteiger partial charge in [-0.15, -0.1) is 0 Å². The molecule has 4 nitrogen and oxygen atoms in total. The van der Waals surface area contributed by atoms with Crippen LogP contribution in [0, 0.1) is 23.3 Å². The lowest BCUT2D eigenvalue weighted by molar-refractivity contribution is 0.0256. The molecule has 0 fully saturated rings. The number of halogens is 6. The smallest absolute Gasteiger partial charge is 0.410 e. The molecule has 0 heterocycles. The minimum absolute atomic E-state index is 0.0943. The molecule has 1 N–H and O–H groups in total. The molecule has 0 radical (unpaired) electrons. The van der Waals surface area contributed by atoms with E-state index in [2.05, 4.69) is 5.32 Å². The largest absolute Gasteiger partial charge is 0.444 e. The molecule has 0 aliphatic carbocycles. The second-order valence-corrected chi connectivity index (χ2v) is 12.3. The van der Waals surface area contributed by atoms with E-state index in [1.54, 1.807) is 45.0 Å². The minimum Gasteiger partial charge on any atom is -0.444 e. The molecule has 0 bridgehead atoms. The van der Waals surface area contributed by atoms with Crippen LogP contribution in [0.1, 0.15) is 43.0 Å². The van der Waals surface area contributed by atoms with E-state index in [9.17, 15) is 22.4 Å². The number of benzene rings is 4. The summed E-state index contributed by atoms with van der Waals surface area (Å²) in [5.74, 6) is -3.52. The van der Waals surface area contributed by atoms with Crippen LogP contribution in [0.5, 0.6) is 0 Å². The Balaban J connectivity index is 0.000000267. The van der Waals surface area contributed by atoms with Gasteiger partial charge in [-0.1, -0.05) is 83.9 Å². The monoisotopic (exact) mass is 686 g/mol. The minimum atomic E-state index is -0.951. The van der Waals surface area contributed by atoms with Crippen LogP contribution in [0.25, 0.3) is 12.2 Å². The van der Waals surface area contributed by atoms with Crippen LogP contribution in [-0.2, 0) is 17.8 Å². The van der Waals surface area contributed by atoms with Crippen molar-refractivity contribution in [3.63, 3.8) is 0 Å². The van der Waals surface area contributed by atoms with Gasteiger partial charge in [-0.3, -0.25) is 0 Å². The average Bonchev–Trinajstić information content (AvgIpc) is 3.01. The first-order chi connectivity index (χ1) is 22.3. The summed E-state index contributed by atoms with van der Waals surface area (Å²) in [6.45, 7) is 6.77. The van der Waals surface area contributed by atoms with Crippen LogP contribution in [0.3, 0.4) is 0 Å². The normalized spacial score (nSPS) is 11.4. The Kier molecular flexibility index (Phi) is 14.5. The summed E-state index contributed by atoms with van der Waals surface area (Å²) >= 11 is 11.7. The molecule has 248 valence electrons. The summed E-state index contributed by atoms with van der Waals surface area (Å²) in [6.07, 6.45) is 7.04. The molecule has 47 heavy (non-hydrogen) atoms. The molecule has 4 aromatic carbocycles. The van der Waals surface area contributed by atoms with Crippen molar-refractivity contribution in [1.29, 1.82) is 0 Å². The van der Waals surface area contributed by atoms with Crippen LogP contribution < -0.4 is 5.32 Å². The van der Waals surface area contributed by atoms with E-state index in [-0.39, 0.29) is 13.1 Å². The van der Waals surface area contributed by atoms with E-state index in [0.717, 1.165) is 29.3 Å². The van der Waals surface area contributed by atoms with Gasteiger partial charge in [-0.2, -0.15) is 0 Å². The molecule has 4 rings (SSSR count). The van der Waals surface area contributed by atoms with Gasteiger partial charge in [0.15, 0.2) is 23.3 Å². The van der Waals surface area contributed by atoms with Crippen LogP contribution in [0.15, 0.2) is 97.1 Å². The summed E-state index contributed by atoms with van der Waals surface area (Å²) in [5.41, 5.74) is 2.51. The van der Waals surface area contributed by atoms with Crippen molar-refractivity contribution in [2.75, 3.05) is 13.1 Å². The van der Waals surface area contributed by atoms with Crippen molar-refractivity contribution in [2.45, 2.75) is 39.5 Å². The average molecular weight is 688 g/mol. The molecule has 1 amide bonds. The fourth-order valence-corrected chi connectivity index (χ4v) is 4.25. The van der Waals surface area contributed by atoms with Gasteiger partial charge in [0.25, 0.3) is 0 Å².